The summed E-state index contributed by atoms with van der Waals surface area (Å²) < 4.78 is 0. The molecule has 0 spiro atoms. The Morgan fingerprint density at radius 3 is 1.87 bits per heavy atom. The second kappa shape index (κ2) is 22.1. The lowest BCUT2D eigenvalue weighted by molar-refractivity contribution is -0.137. The normalized spacial score (nSPS) is 12.7. The summed E-state index contributed by atoms with van der Waals surface area (Å²) in [4.78, 5) is 22.3. The maximum Gasteiger partial charge on any atom is 0.316 e. The second-order valence-electron chi connectivity index (χ2n) is 8.49. The van der Waals surface area contributed by atoms with E-state index >= 15 is 0 Å². The van der Waals surface area contributed by atoms with E-state index in [2.05, 4.69) is 25.7 Å². The Morgan fingerprint density at radius 1 is 0.742 bits per heavy atom. The average Bonchev–Trinajstić information content (AvgIpc) is 2.73. The zero-order chi connectivity index (χ0) is 23.2. The number of aliphatic carboxylic acids is 2. The fraction of sp³-hybridized carbons (Fsp3) is 0.846. The van der Waals surface area contributed by atoms with Gasteiger partial charge in [-0.1, -0.05) is 96.8 Å². The van der Waals surface area contributed by atoms with Crippen LogP contribution in [0.4, 0.5) is 0 Å². The van der Waals surface area contributed by atoms with Gasteiger partial charge in [-0.05, 0) is 25.7 Å². The van der Waals surface area contributed by atoms with Crippen LogP contribution in [0.15, 0.2) is 0 Å². The van der Waals surface area contributed by atoms with Crippen molar-refractivity contribution in [3.8, 4) is 11.8 Å². The van der Waals surface area contributed by atoms with E-state index in [1.165, 1.54) is 69.5 Å². The van der Waals surface area contributed by atoms with Crippen molar-refractivity contribution in [2.24, 2.45) is 0 Å². The molecule has 2 N–H and O–H groups in total. The topological polar surface area (TPSA) is 74.6 Å². The Bertz CT molecular complexity index is 509. The smallest absolute Gasteiger partial charge is 0.316 e. The molecule has 0 aliphatic heterocycles. The molecule has 0 aromatic rings. The van der Waals surface area contributed by atoms with Crippen molar-refractivity contribution in [2.45, 2.75) is 140 Å². The molecule has 31 heavy (non-hydrogen) atoms. The predicted octanol–water partition coefficient (Wildman–Crippen LogP) is 7.69. The lowest BCUT2D eigenvalue weighted by atomic mass is 10.1. The van der Waals surface area contributed by atoms with Gasteiger partial charge in [0, 0.05) is 12.8 Å². The van der Waals surface area contributed by atoms with Crippen molar-refractivity contribution in [2.75, 3.05) is 0 Å². The molecule has 0 aliphatic carbocycles. The van der Waals surface area contributed by atoms with Crippen LogP contribution in [0.5, 0.6) is 0 Å². The minimum atomic E-state index is -0.775. The van der Waals surface area contributed by atoms with E-state index in [1.54, 1.807) is 0 Å². The number of thioether (sulfide) groups is 1. The zero-order valence-electron chi connectivity index (χ0n) is 20.0. The summed E-state index contributed by atoms with van der Waals surface area (Å²) in [5.41, 5.74) is 0. The van der Waals surface area contributed by atoms with Gasteiger partial charge in [0.25, 0.3) is 0 Å². The molecule has 2 atom stereocenters. The van der Waals surface area contributed by atoms with Gasteiger partial charge in [-0.3, -0.25) is 9.59 Å². The third-order valence-corrected chi connectivity index (χ3v) is 6.90. The first-order chi connectivity index (χ1) is 15.0. The van der Waals surface area contributed by atoms with Crippen LogP contribution < -0.4 is 0 Å². The van der Waals surface area contributed by atoms with Crippen molar-refractivity contribution >= 4 is 23.7 Å². The maximum absolute atomic E-state index is 11.6. The molecule has 0 heterocycles. The molecule has 0 saturated heterocycles. The van der Waals surface area contributed by atoms with Crippen LogP contribution in [-0.2, 0) is 9.59 Å². The Labute approximate surface area is 195 Å². The van der Waals surface area contributed by atoms with Crippen LogP contribution >= 0.6 is 11.8 Å². The number of unbranched alkanes of at least 4 members (excludes halogenated alkanes) is 12. The molecule has 0 saturated carbocycles. The molecule has 180 valence electrons. The Morgan fingerprint density at radius 2 is 1.32 bits per heavy atom. The van der Waals surface area contributed by atoms with Gasteiger partial charge in [0.1, 0.15) is 5.25 Å². The molecule has 0 aliphatic rings. The first-order valence-electron chi connectivity index (χ1n) is 12.6. The third kappa shape index (κ3) is 20.5. The van der Waals surface area contributed by atoms with E-state index in [0.717, 1.165) is 38.5 Å². The monoisotopic (exact) mass is 454 g/mol. The number of rotatable bonds is 21. The van der Waals surface area contributed by atoms with Crippen LogP contribution in [0.25, 0.3) is 0 Å². The highest BCUT2D eigenvalue weighted by molar-refractivity contribution is 8.01. The van der Waals surface area contributed by atoms with Gasteiger partial charge >= 0.3 is 11.9 Å². The zero-order valence-corrected chi connectivity index (χ0v) is 20.8. The quantitative estimate of drug-likeness (QED) is 0.137. The molecule has 4 nitrogen and oxygen atoms in total. The maximum atomic E-state index is 11.6. The molecule has 0 aromatic heterocycles. The molecule has 5 heteroatoms. The van der Waals surface area contributed by atoms with Crippen molar-refractivity contribution in [3.05, 3.63) is 0 Å². The largest absolute Gasteiger partial charge is 0.481 e. The highest BCUT2D eigenvalue weighted by Gasteiger charge is 2.21. The van der Waals surface area contributed by atoms with E-state index < -0.39 is 17.2 Å². The molecule has 0 radical (unpaired) electrons. The first kappa shape index (κ1) is 29.9. The highest BCUT2D eigenvalue weighted by Crippen LogP contribution is 2.26. The average molecular weight is 455 g/mol. The molecule has 0 bridgehead atoms. The SMILES string of the molecule is CCCCCCCCCCCCC#CC(CCCCC(=O)O)SC(CCCC)C(=O)O. The van der Waals surface area contributed by atoms with Crippen molar-refractivity contribution < 1.29 is 19.8 Å². The molecule has 0 fully saturated rings. The number of carboxylic acid groups (broad SMARTS) is 2. The second-order valence-corrected chi connectivity index (χ2v) is 9.90. The molecule has 0 rings (SSSR count). The summed E-state index contributed by atoms with van der Waals surface area (Å²) in [5, 5.41) is 17.9. The number of carboxylic acids is 2. The predicted molar refractivity (Wildman–Crippen MR) is 133 cm³/mol. The molecule has 0 amide bonds. The molecule has 0 aromatic carbocycles. The minimum absolute atomic E-state index is 0.0186. The van der Waals surface area contributed by atoms with Crippen LogP contribution in [0.2, 0.25) is 0 Å². The van der Waals surface area contributed by atoms with E-state index in [4.69, 9.17) is 5.11 Å². The highest BCUT2D eigenvalue weighted by atomic mass is 32.2. The van der Waals surface area contributed by atoms with Crippen LogP contribution in [0, 0.1) is 11.8 Å². The van der Waals surface area contributed by atoms with Gasteiger partial charge in [-0.25, -0.2) is 0 Å². The first-order valence-corrected chi connectivity index (χ1v) is 13.5. The summed E-state index contributed by atoms with van der Waals surface area (Å²) >= 11 is 1.46. The summed E-state index contributed by atoms with van der Waals surface area (Å²) in [6, 6.07) is 0. The molecular formula is C26H46O4S. The van der Waals surface area contributed by atoms with Crippen molar-refractivity contribution in [3.63, 3.8) is 0 Å². The van der Waals surface area contributed by atoms with E-state index in [1.807, 2.05) is 0 Å². The number of carbonyl (C=O) groups is 2. The summed E-state index contributed by atoms with van der Waals surface area (Å²) in [6.45, 7) is 4.32. The Hall–Kier alpha value is -1.15. The van der Waals surface area contributed by atoms with Gasteiger partial charge in [0.2, 0.25) is 0 Å². The molecular weight excluding hydrogens is 408 g/mol. The molecule has 2 unspecified atom stereocenters. The number of hydrogen-bond donors (Lipinski definition) is 2. The summed E-state index contributed by atoms with van der Waals surface area (Å²) in [5.74, 6) is 5.05. The fourth-order valence-corrected chi connectivity index (χ4v) is 4.77. The standard InChI is InChI=1S/C26H46O4S/c1-3-5-7-8-9-10-11-12-13-14-15-16-19-23(20-17-18-22-25(27)28)31-24(26(29)30)21-6-4-2/h23-24H,3-15,17-18,20-22H2,1-2H3,(H,27,28)(H,29,30). The van der Waals surface area contributed by atoms with E-state index in [9.17, 15) is 14.7 Å². The minimum Gasteiger partial charge on any atom is -0.481 e. The summed E-state index contributed by atoms with van der Waals surface area (Å²) in [6.07, 6.45) is 18.8. The van der Waals surface area contributed by atoms with Gasteiger partial charge in [-0.2, -0.15) is 0 Å². The Kier molecular flexibility index (Phi) is 21.2. The number of hydrogen-bond acceptors (Lipinski definition) is 3. The fourth-order valence-electron chi connectivity index (χ4n) is 3.50. The van der Waals surface area contributed by atoms with Crippen LogP contribution in [0.1, 0.15) is 129 Å². The van der Waals surface area contributed by atoms with Gasteiger partial charge in [0.05, 0.1) is 5.25 Å². The lowest BCUT2D eigenvalue weighted by Crippen LogP contribution is -2.20. The van der Waals surface area contributed by atoms with Gasteiger partial charge in [-0.15, -0.1) is 17.7 Å². The Balaban J connectivity index is 4.26. The van der Waals surface area contributed by atoms with E-state index in [0.29, 0.717) is 12.8 Å². The van der Waals surface area contributed by atoms with Gasteiger partial charge in [0.15, 0.2) is 0 Å². The summed E-state index contributed by atoms with van der Waals surface area (Å²) in [7, 11) is 0. The van der Waals surface area contributed by atoms with E-state index in [-0.39, 0.29) is 11.7 Å². The van der Waals surface area contributed by atoms with Crippen LogP contribution in [-0.4, -0.2) is 32.7 Å². The third-order valence-electron chi connectivity index (χ3n) is 5.45. The lowest BCUT2D eigenvalue weighted by Gasteiger charge is -2.16. The van der Waals surface area contributed by atoms with Crippen molar-refractivity contribution in [1.82, 2.24) is 0 Å². The van der Waals surface area contributed by atoms with Gasteiger partial charge < -0.3 is 10.2 Å². The van der Waals surface area contributed by atoms with Crippen LogP contribution in [0.3, 0.4) is 0 Å². The van der Waals surface area contributed by atoms with Crippen molar-refractivity contribution in [1.29, 1.82) is 0 Å².